The Hall–Kier alpha value is -0.0800. The zero-order chi connectivity index (χ0) is 11.3. The maximum Gasteiger partial charge on any atom is 0.0443 e. The van der Waals surface area contributed by atoms with Gasteiger partial charge >= 0.3 is 0 Å². The Bertz CT molecular complexity index is 172. The first-order chi connectivity index (χ1) is 7.19. The number of nitrogens with zero attached hydrogens (tertiary/aromatic N) is 1. The predicted molar refractivity (Wildman–Crippen MR) is 64.9 cm³/mol. The van der Waals surface area contributed by atoms with Gasteiger partial charge < -0.3 is 10.0 Å². The summed E-state index contributed by atoms with van der Waals surface area (Å²) in [7, 11) is 0. The SMILES string of the molecule is CCN(CCCO)C1CCC(C)C(C)C1. The number of rotatable bonds is 5. The minimum absolute atomic E-state index is 0.329. The van der Waals surface area contributed by atoms with Crippen LogP contribution in [0.5, 0.6) is 0 Å². The predicted octanol–water partition coefficient (Wildman–Crippen LogP) is 2.52. The molecule has 0 saturated heterocycles. The molecule has 0 heterocycles. The minimum atomic E-state index is 0.329. The summed E-state index contributed by atoms with van der Waals surface area (Å²) in [5, 5.41) is 8.88. The van der Waals surface area contributed by atoms with Gasteiger partial charge in [0.1, 0.15) is 0 Å². The molecule has 1 N–H and O–H groups in total. The summed E-state index contributed by atoms with van der Waals surface area (Å²) >= 11 is 0. The van der Waals surface area contributed by atoms with E-state index in [0.717, 1.165) is 37.4 Å². The van der Waals surface area contributed by atoms with E-state index >= 15 is 0 Å². The molecule has 1 rings (SSSR count). The van der Waals surface area contributed by atoms with E-state index in [9.17, 15) is 0 Å². The van der Waals surface area contributed by atoms with Crippen LogP contribution in [0.4, 0.5) is 0 Å². The first-order valence-corrected chi connectivity index (χ1v) is 6.54. The third-order valence-corrected chi connectivity index (χ3v) is 4.10. The van der Waals surface area contributed by atoms with Crippen LogP contribution in [-0.2, 0) is 0 Å². The molecule has 0 aliphatic heterocycles. The van der Waals surface area contributed by atoms with Crippen LogP contribution in [0.3, 0.4) is 0 Å². The average Bonchev–Trinajstić information content (AvgIpc) is 2.24. The second-order valence-electron chi connectivity index (χ2n) is 5.13. The monoisotopic (exact) mass is 213 g/mol. The zero-order valence-corrected chi connectivity index (χ0v) is 10.6. The van der Waals surface area contributed by atoms with Gasteiger partial charge in [0.2, 0.25) is 0 Å². The maximum atomic E-state index is 8.88. The fourth-order valence-electron chi connectivity index (χ4n) is 2.72. The van der Waals surface area contributed by atoms with Crippen LogP contribution < -0.4 is 0 Å². The summed E-state index contributed by atoms with van der Waals surface area (Å²) < 4.78 is 0. The van der Waals surface area contributed by atoms with E-state index < -0.39 is 0 Å². The van der Waals surface area contributed by atoms with Crippen molar-refractivity contribution in [3.8, 4) is 0 Å². The highest BCUT2D eigenvalue weighted by atomic mass is 16.3. The van der Waals surface area contributed by atoms with Crippen molar-refractivity contribution in [3.05, 3.63) is 0 Å². The molecule has 0 aromatic heterocycles. The molecule has 1 aliphatic carbocycles. The van der Waals surface area contributed by atoms with Crippen molar-refractivity contribution in [2.24, 2.45) is 11.8 Å². The van der Waals surface area contributed by atoms with Crippen LogP contribution in [0, 0.1) is 11.8 Å². The van der Waals surface area contributed by atoms with Crippen LogP contribution >= 0.6 is 0 Å². The summed E-state index contributed by atoms with van der Waals surface area (Å²) in [6.45, 7) is 9.53. The normalized spacial score (nSPS) is 32.2. The lowest BCUT2D eigenvalue weighted by Gasteiger charge is -2.38. The van der Waals surface area contributed by atoms with Gasteiger partial charge in [-0.1, -0.05) is 20.8 Å². The van der Waals surface area contributed by atoms with Crippen LogP contribution in [0.25, 0.3) is 0 Å². The molecule has 0 aromatic carbocycles. The minimum Gasteiger partial charge on any atom is -0.396 e. The van der Waals surface area contributed by atoms with Crippen molar-refractivity contribution in [3.63, 3.8) is 0 Å². The lowest BCUT2D eigenvalue weighted by Crippen LogP contribution is -2.40. The van der Waals surface area contributed by atoms with Gasteiger partial charge in [0.25, 0.3) is 0 Å². The lowest BCUT2D eigenvalue weighted by atomic mass is 9.78. The van der Waals surface area contributed by atoms with E-state index in [1.807, 2.05) is 0 Å². The molecule has 0 radical (unpaired) electrons. The van der Waals surface area contributed by atoms with E-state index in [0.29, 0.717) is 6.61 Å². The van der Waals surface area contributed by atoms with Gasteiger partial charge in [-0.15, -0.1) is 0 Å². The molecule has 90 valence electrons. The first-order valence-electron chi connectivity index (χ1n) is 6.54. The average molecular weight is 213 g/mol. The number of hydrogen-bond donors (Lipinski definition) is 1. The molecule has 0 bridgehead atoms. The molecule has 0 aromatic rings. The molecular formula is C13H27NO. The summed E-state index contributed by atoms with van der Waals surface area (Å²) in [6.07, 6.45) is 5.00. The third-order valence-electron chi connectivity index (χ3n) is 4.10. The highest BCUT2D eigenvalue weighted by molar-refractivity contribution is 4.81. The number of aliphatic hydroxyl groups is 1. The van der Waals surface area contributed by atoms with Crippen molar-refractivity contribution in [1.82, 2.24) is 4.90 Å². The van der Waals surface area contributed by atoms with Gasteiger partial charge in [-0.25, -0.2) is 0 Å². The van der Waals surface area contributed by atoms with Crippen LogP contribution in [-0.4, -0.2) is 35.7 Å². The Labute approximate surface area is 94.7 Å². The quantitative estimate of drug-likeness (QED) is 0.758. The van der Waals surface area contributed by atoms with E-state index in [1.165, 1.54) is 19.3 Å². The van der Waals surface area contributed by atoms with Crippen LogP contribution in [0.15, 0.2) is 0 Å². The number of hydrogen-bond acceptors (Lipinski definition) is 2. The molecule has 1 fully saturated rings. The van der Waals surface area contributed by atoms with Crippen molar-refractivity contribution in [2.75, 3.05) is 19.7 Å². The second-order valence-corrected chi connectivity index (χ2v) is 5.13. The van der Waals surface area contributed by atoms with Crippen LogP contribution in [0.2, 0.25) is 0 Å². The molecular weight excluding hydrogens is 186 g/mol. The highest BCUT2D eigenvalue weighted by Crippen LogP contribution is 2.31. The van der Waals surface area contributed by atoms with E-state index in [-0.39, 0.29) is 0 Å². The molecule has 2 heteroatoms. The van der Waals surface area contributed by atoms with Crippen molar-refractivity contribution < 1.29 is 5.11 Å². The highest BCUT2D eigenvalue weighted by Gasteiger charge is 2.27. The van der Waals surface area contributed by atoms with Gasteiger partial charge in [-0.2, -0.15) is 0 Å². The molecule has 1 saturated carbocycles. The van der Waals surface area contributed by atoms with E-state index in [1.54, 1.807) is 0 Å². The Morgan fingerprint density at radius 3 is 2.47 bits per heavy atom. The third kappa shape index (κ3) is 3.76. The summed E-state index contributed by atoms with van der Waals surface area (Å²) in [5.74, 6) is 1.77. The topological polar surface area (TPSA) is 23.5 Å². The van der Waals surface area contributed by atoms with Crippen LogP contribution in [0.1, 0.15) is 46.5 Å². The Morgan fingerprint density at radius 2 is 1.93 bits per heavy atom. The Balaban J connectivity index is 2.39. The number of aliphatic hydroxyl groups excluding tert-OH is 1. The first kappa shape index (κ1) is 13.0. The molecule has 1 aliphatic rings. The lowest BCUT2D eigenvalue weighted by molar-refractivity contribution is 0.106. The van der Waals surface area contributed by atoms with Gasteiger partial charge in [-0.3, -0.25) is 0 Å². The van der Waals surface area contributed by atoms with E-state index in [2.05, 4.69) is 25.7 Å². The zero-order valence-electron chi connectivity index (χ0n) is 10.6. The molecule has 3 atom stereocenters. The van der Waals surface area contributed by atoms with Gasteiger partial charge in [-0.05, 0) is 44.1 Å². The summed E-state index contributed by atoms with van der Waals surface area (Å²) in [6, 6.07) is 0.771. The largest absolute Gasteiger partial charge is 0.396 e. The van der Waals surface area contributed by atoms with E-state index in [4.69, 9.17) is 5.11 Å². The fourth-order valence-corrected chi connectivity index (χ4v) is 2.72. The smallest absolute Gasteiger partial charge is 0.0443 e. The summed E-state index contributed by atoms with van der Waals surface area (Å²) in [4.78, 5) is 2.55. The molecule has 15 heavy (non-hydrogen) atoms. The fraction of sp³-hybridized carbons (Fsp3) is 1.00. The second kappa shape index (κ2) is 6.49. The Morgan fingerprint density at radius 1 is 1.20 bits per heavy atom. The van der Waals surface area contributed by atoms with Gasteiger partial charge in [0.05, 0.1) is 0 Å². The molecule has 0 amide bonds. The molecule has 3 unspecified atom stereocenters. The van der Waals surface area contributed by atoms with Gasteiger partial charge in [0.15, 0.2) is 0 Å². The molecule has 0 spiro atoms. The standard InChI is InChI=1S/C13H27NO/c1-4-14(8-5-9-15)13-7-6-11(2)12(3)10-13/h11-13,15H,4-10H2,1-3H3. The van der Waals surface area contributed by atoms with Crippen molar-refractivity contribution in [1.29, 1.82) is 0 Å². The Kier molecular flexibility index (Phi) is 5.62. The van der Waals surface area contributed by atoms with Crippen molar-refractivity contribution >= 4 is 0 Å². The van der Waals surface area contributed by atoms with Crippen molar-refractivity contribution in [2.45, 2.75) is 52.5 Å². The maximum absolute atomic E-state index is 8.88. The molecule has 2 nitrogen and oxygen atoms in total. The van der Waals surface area contributed by atoms with Gasteiger partial charge in [0, 0.05) is 19.2 Å². The summed E-state index contributed by atoms with van der Waals surface area (Å²) in [5.41, 5.74) is 0.